The fraction of sp³-hybridized carbons (Fsp3) is 1.00. The molecule has 1 N–H and O–H groups in total. The number of likely N-dealkylation sites (tertiary alicyclic amines) is 1. The highest BCUT2D eigenvalue weighted by molar-refractivity contribution is 5.10. The first-order valence-corrected chi connectivity index (χ1v) is 4.89. The van der Waals surface area contributed by atoms with Crippen molar-refractivity contribution in [1.29, 1.82) is 0 Å². The third-order valence-corrected chi connectivity index (χ3v) is 3.32. The van der Waals surface area contributed by atoms with Gasteiger partial charge < -0.3 is 5.11 Å². The van der Waals surface area contributed by atoms with Crippen LogP contribution in [0.3, 0.4) is 0 Å². The molecule has 0 amide bonds. The predicted molar refractivity (Wildman–Crippen MR) is 49.0 cm³/mol. The van der Waals surface area contributed by atoms with Crippen LogP contribution in [0.2, 0.25) is 0 Å². The maximum atomic E-state index is 9.62. The highest BCUT2D eigenvalue weighted by Gasteiger charge is 2.57. The first-order valence-electron chi connectivity index (χ1n) is 4.89. The Balaban J connectivity index is 1.83. The average Bonchev–Trinajstić information content (AvgIpc) is 1.75. The normalized spacial score (nSPS) is 31.8. The number of hydrogen-bond acceptors (Lipinski definition) is 2. The molecule has 2 rings (SSSR count). The van der Waals surface area contributed by atoms with Gasteiger partial charge in [0, 0.05) is 24.5 Å². The Morgan fingerprint density at radius 2 is 1.75 bits per heavy atom. The zero-order valence-corrected chi connectivity index (χ0v) is 8.30. The minimum absolute atomic E-state index is 0.344. The van der Waals surface area contributed by atoms with Crippen LogP contribution in [0.5, 0.6) is 0 Å². The molecule has 12 heavy (non-hydrogen) atoms. The summed E-state index contributed by atoms with van der Waals surface area (Å²) in [6.07, 6.45) is 2.03. The lowest BCUT2D eigenvalue weighted by Crippen LogP contribution is -2.68. The molecule has 0 radical (unpaired) electrons. The predicted octanol–water partition coefficient (Wildman–Crippen LogP) is 1.24. The van der Waals surface area contributed by atoms with Crippen molar-refractivity contribution in [1.82, 2.24) is 4.90 Å². The topological polar surface area (TPSA) is 23.5 Å². The van der Waals surface area contributed by atoms with Gasteiger partial charge >= 0.3 is 0 Å². The van der Waals surface area contributed by atoms with Crippen molar-refractivity contribution in [2.24, 2.45) is 5.41 Å². The molecular weight excluding hydrogens is 150 g/mol. The van der Waals surface area contributed by atoms with E-state index < -0.39 is 0 Å². The lowest BCUT2D eigenvalue weighted by molar-refractivity contribution is -0.186. The minimum atomic E-state index is -0.344. The molecule has 2 heteroatoms. The Kier molecular flexibility index (Phi) is 1.59. The molecule has 2 fully saturated rings. The molecule has 0 aromatic heterocycles. The van der Waals surface area contributed by atoms with Crippen LogP contribution in [0.15, 0.2) is 0 Å². The first-order chi connectivity index (χ1) is 5.43. The summed E-state index contributed by atoms with van der Waals surface area (Å²) in [6.45, 7) is 8.85. The number of rotatable bonds is 1. The van der Waals surface area contributed by atoms with Crippen molar-refractivity contribution in [3.63, 3.8) is 0 Å². The summed E-state index contributed by atoms with van der Waals surface area (Å²) < 4.78 is 0. The summed E-state index contributed by atoms with van der Waals surface area (Å²) in [7, 11) is 0. The molecule has 0 atom stereocenters. The molecule has 1 aliphatic heterocycles. The Labute approximate surface area is 74.6 Å². The molecule has 1 aliphatic carbocycles. The number of aliphatic hydroxyl groups is 1. The summed E-state index contributed by atoms with van der Waals surface area (Å²) in [4.78, 5) is 2.48. The Morgan fingerprint density at radius 1 is 1.25 bits per heavy atom. The summed E-state index contributed by atoms with van der Waals surface area (Å²) >= 11 is 0. The summed E-state index contributed by atoms with van der Waals surface area (Å²) in [5.74, 6) is 0. The van der Waals surface area contributed by atoms with Crippen LogP contribution >= 0.6 is 0 Å². The molecule has 1 saturated carbocycles. The van der Waals surface area contributed by atoms with E-state index in [2.05, 4.69) is 18.7 Å². The fourth-order valence-electron chi connectivity index (χ4n) is 2.97. The fourth-order valence-corrected chi connectivity index (χ4v) is 2.97. The Morgan fingerprint density at radius 3 is 2.08 bits per heavy atom. The number of nitrogens with zero attached hydrogens (tertiary/aromatic N) is 1. The lowest BCUT2D eigenvalue weighted by atomic mass is 9.55. The van der Waals surface area contributed by atoms with Crippen LogP contribution in [-0.4, -0.2) is 34.7 Å². The van der Waals surface area contributed by atoms with Crippen LogP contribution < -0.4 is 0 Å². The van der Waals surface area contributed by atoms with Crippen molar-refractivity contribution >= 4 is 0 Å². The molecule has 70 valence electrons. The second-order valence-electron chi connectivity index (χ2n) is 5.35. The van der Waals surface area contributed by atoms with Gasteiger partial charge in [0.25, 0.3) is 0 Å². The lowest BCUT2D eigenvalue weighted by Gasteiger charge is -2.62. The van der Waals surface area contributed by atoms with Crippen molar-refractivity contribution in [2.75, 3.05) is 13.1 Å². The monoisotopic (exact) mass is 169 g/mol. The van der Waals surface area contributed by atoms with E-state index in [9.17, 15) is 5.11 Å². The smallest absolute Gasteiger partial charge is 0.0632 e. The van der Waals surface area contributed by atoms with Gasteiger partial charge in [-0.15, -0.1) is 0 Å². The van der Waals surface area contributed by atoms with Gasteiger partial charge in [0.05, 0.1) is 5.60 Å². The summed E-state index contributed by atoms with van der Waals surface area (Å²) in [6, 6.07) is 0.682. The van der Waals surface area contributed by atoms with Gasteiger partial charge in [-0.1, -0.05) is 0 Å². The molecule has 1 heterocycles. The Hall–Kier alpha value is -0.0800. The summed E-state index contributed by atoms with van der Waals surface area (Å²) in [5.41, 5.74) is 0.164. The van der Waals surface area contributed by atoms with Gasteiger partial charge in [-0.2, -0.15) is 0 Å². The van der Waals surface area contributed by atoms with E-state index in [1.165, 1.54) is 13.1 Å². The molecule has 2 aliphatic rings. The van der Waals surface area contributed by atoms with E-state index in [0.29, 0.717) is 11.5 Å². The van der Waals surface area contributed by atoms with Crippen molar-refractivity contribution < 1.29 is 5.11 Å². The van der Waals surface area contributed by atoms with Crippen LogP contribution in [0, 0.1) is 5.41 Å². The average molecular weight is 169 g/mol. The zero-order chi connectivity index (χ0) is 8.98. The van der Waals surface area contributed by atoms with E-state index in [0.717, 1.165) is 12.8 Å². The molecule has 1 saturated heterocycles. The maximum absolute atomic E-state index is 9.62. The molecule has 1 spiro atoms. The van der Waals surface area contributed by atoms with E-state index >= 15 is 0 Å². The van der Waals surface area contributed by atoms with Gasteiger partial charge in [-0.05, 0) is 33.6 Å². The van der Waals surface area contributed by atoms with Gasteiger partial charge in [-0.3, -0.25) is 4.90 Å². The number of hydrogen-bond donors (Lipinski definition) is 1. The second kappa shape index (κ2) is 2.24. The van der Waals surface area contributed by atoms with Crippen LogP contribution in [0.25, 0.3) is 0 Å². The molecule has 0 bridgehead atoms. The molecule has 0 unspecified atom stereocenters. The molecule has 0 aromatic rings. The standard InChI is InChI=1S/C10H19NO/c1-8(2)11-6-10(7-11)4-9(3,12)5-10/h8,12H,4-7H2,1-3H3. The SMILES string of the molecule is CC(C)N1CC2(C1)CC(C)(O)C2. The van der Waals surface area contributed by atoms with Crippen LogP contribution in [0.4, 0.5) is 0 Å². The second-order valence-corrected chi connectivity index (χ2v) is 5.35. The van der Waals surface area contributed by atoms with Gasteiger partial charge in [-0.25, -0.2) is 0 Å². The van der Waals surface area contributed by atoms with Gasteiger partial charge in [0.1, 0.15) is 0 Å². The largest absolute Gasteiger partial charge is 0.390 e. The third kappa shape index (κ3) is 1.17. The quantitative estimate of drug-likeness (QED) is 0.638. The molecule has 0 aromatic carbocycles. The highest BCUT2D eigenvalue weighted by atomic mass is 16.3. The van der Waals surface area contributed by atoms with Crippen molar-refractivity contribution in [3.8, 4) is 0 Å². The van der Waals surface area contributed by atoms with Crippen molar-refractivity contribution in [3.05, 3.63) is 0 Å². The van der Waals surface area contributed by atoms with E-state index in [-0.39, 0.29) is 5.60 Å². The third-order valence-electron chi connectivity index (χ3n) is 3.32. The van der Waals surface area contributed by atoms with E-state index in [1.807, 2.05) is 6.92 Å². The van der Waals surface area contributed by atoms with Crippen molar-refractivity contribution in [2.45, 2.75) is 45.3 Å². The van der Waals surface area contributed by atoms with Crippen LogP contribution in [-0.2, 0) is 0 Å². The Bertz CT molecular complexity index is 182. The first kappa shape index (κ1) is 8.52. The highest BCUT2D eigenvalue weighted by Crippen LogP contribution is 2.54. The van der Waals surface area contributed by atoms with E-state index in [4.69, 9.17) is 0 Å². The van der Waals surface area contributed by atoms with Crippen LogP contribution in [0.1, 0.15) is 33.6 Å². The van der Waals surface area contributed by atoms with Gasteiger partial charge in [0.2, 0.25) is 0 Å². The van der Waals surface area contributed by atoms with Gasteiger partial charge in [0.15, 0.2) is 0 Å². The summed E-state index contributed by atoms with van der Waals surface area (Å²) in [5, 5.41) is 9.62. The van der Waals surface area contributed by atoms with E-state index in [1.54, 1.807) is 0 Å². The minimum Gasteiger partial charge on any atom is -0.390 e. The molecule has 2 nitrogen and oxygen atoms in total. The molecular formula is C10H19NO. The zero-order valence-electron chi connectivity index (χ0n) is 8.30. The maximum Gasteiger partial charge on any atom is 0.0632 e.